The summed E-state index contributed by atoms with van der Waals surface area (Å²) in [5.41, 5.74) is 2.93. The Morgan fingerprint density at radius 1 is 1.19 bits per heavy atom. The zero-order valence-corrected chi connectivity index (χ0v) is 9.82. The molecule has 1 aromatic carbocycles. The molecule has 1 aromatic heterocycles. The molecule has 0 aliphatic rings. The number of aromatic amines is 1. The zero-order valence-electron chi connectivity index (χ0n) is 9.82. The molecule has 84 valence electrons. The van der Waals surface area contributed by atoms with Crippen LogP contribution in [0.5, 0.6) is 0 Å². The Balaban J connectivity index is 2.49. The molecule has 0 aliphatic carbocycles. The summed E-state index contributed by atoms with van der Waals surface area (Å²) in [6.45, 7) is 6.00. The van der Waals surface area contributed by atoms with E-state index in [0.29, 0.717) is 0 Å². The summed E-state index contributed by atoms with van der Waals surface area (Å²) in [7, 11) is 0. The molecule has 0 atom stereocenters. The van der Waals surface area contributed by atoms with Crippen LogP contribution >= 0.6 is 0 Å². The third-order valence-corrected chi connectivity index (χ3v) is 2.68. The minimum atomic E-state index is 0.0406. The molecule has 0 fully saturated rings. The van der Waals surface area contributed by atoms with Crippen molar-refractivity contribution in [1.82, 2.24) is 9.78 Å². The predicted molar refractivity (Wildman–Crippen MR) is 65.6 cm³/mol. The van der Waals surface area contributed by atoms with Gasteiger partial charge in [-0.05, 0) is 26.3 Å². The van der Waals surface area contributed by atoms with Crippen LogP contribution in [0.3, 0.4) is 0 Å². The van der Waals surface area contributed by atoms with Gasteiger partial charge in [-0.3, -0.25) is 9.48 Å². The highest BCUT2D eigenvalue weighted by Crippen LogP contribution is 2.16. The third kappa shape index (κ3) is 1.81. The summed E-state index contributed by atoms with van der Waals surface area (Å²) < 4.78 is 1.63. The van der Waals surface area contributed by atoms with Crippen LogP contribution in [-0.4, -0.2) is 9.78 Å². The number of H-pyrrole nitrogens is 1. The van der Waals surface area contributed by atoms with Gasteiger partial charge >= 0.3 is 0 Å². The number of hydrogen-bond donors (Lipinski definition) is 1. The molecule has 0 amide bonds. The van der Waals surface area contributed by atoms with E-state index in [4.69, 9.17) is 0 Å². The normalized spacial score (nSPS) is 11.0. The van der Waals surface area contributed by atoms with Crippen molar-refractivity contribution in [2.45, 2.75) is 26.8 Å². The number of rotatable bonds is 2. The van der Waals surface area contributed by atoms with Gasteiger partial charge in [-0.2, -0.15) is 0 Å². The highest BCUT2D eigenvalue weighted by molar-refractivity contribution is 5.61. The molecule has 0 unspecified atom stereocenters. The summed E-state index contributed by atoms with van der Waals surface area (Å²) >= 11 is 0. The lowest BCUT2D eigenvalue weighted by Crippen LogP contribution is -2.19. The molecule has 0 radical (unpaired) electrons. The van der Waals surface area contributed by atoms with E-state index >= 15 is 0 Å². The quantitative estimate of drug-likeness (QED) is 0.823. The van der Waals surface area contributed by atoms with Gasteiger partial charge in [-0.25, -0.2) is 0 Å². The Labute approximate surface area is 94.7 Å². The van der Waals surface area contributed by atoms with E-state index < -0.39 is 0 Å². The monoisotopic (exact) mass is 216 g/mol. The lowest BCUT2D eigenvalue weighted by Gasteiger charge is -2.03. The van der Waals surface area contributed by atoms with E-state index in [-0.39, 0.29) is 11.6 Å². The molecule has 3 heteroatoms. The first-order chi connectivity index (χ1) is 7.59. The van der Waals surface area contributed by atoms with Crippen molar-refractivity contribution in [1.29, 1.82) is 0 Å². The van der Waals surface area contributed by atoms with Crippen LogP contribution in [0.1, 0.15) is 25.5 Å². The lowest BCUT2D eigenvalue weighted by atomic mass is 10.1. The molecular weight excluding hydrogens is 200 g/mol. The Morgan fingerprint density at radius 3 is 2.31 bits per heavy atom. The highest BCUT2D eigenvalue weighted by Gasteiger charge is 2.09. The average Bonchev–Trinajstić information content (AvgIpc) is 2.61. The second kappa shape index (κ2) is 4.00. The standard InChI is InChI=1S/C13H16N2O/c1-9(2)15-13(16)12(8-14-15)11-6-4-10(3)5-7-11/h4-9,14H,1-3H3. The molecule has 0 bridgehead atoms. The molecule has 2 aromatic rings. The summed E-state index contributed by atoms with van der Waals surface area (Å²) in [5, 5.41) is 2.99. The van der Waals surface area contributed by atoms with Crippen molar-refractivity contribution in [3.63, 3.8) is 0 Å². The minimum absolute atomic E-state index is 0.0406. The van der Waals surface area contributed by atoms with Gasteiger partial charge in [-0.15, -0.1) is 0 Å². The minimum Gasteiger partial charge on any atom is -0.302 e. The molecule has 16 heavy (non-hydrogen) atoms. The van der Waals surface area contributed by atoms with Gasteiger partial charge in [0.25, 0.3) is 5.56 Å². The number of nitrogens with one attached hydrogen (secondary N) is 1. The molecule has 0 aliphatic heterocycles. The van der Waals surface area contributed by atoms with Crippen molar-refractivity contribution in [3.05, 3.63) is 46.4 Å². The molecule has 3 nitrogen and oxygen atoms in total. The number of benzene rings is 1. The maximum Gasteiger partial charge on any atom is 0.274 e. The predicted octanol–water partition coefficient (Wildman–Crippen LogP) is 2.73. The zero-order chi connectivity index (χ0) is 11.7. The van der Waals surface area contributed by atoms with Crippen molar-refractivity contribution in [2.75, 3.05) is 0 Å². The van der Waals surface area contributed by atoms with Gasteiger partial charge in [0, 0.05) is 12.2 Å². The maximum atomic E-state index is 12.0. The number of nitrogens with zero attached hydrogens (tertiary/aromatic N) is 1. The van der Waals surface area contributed by atoms with Gasteiger partial charge in [-0.1, -0.05) is 29.8 Å². The maximum absolute atomic E-state index is 12.0. The Morgan fingerprint density at radius 2 is 1.81 bits per heavy atom. The second-order valence-electron chi connectivity index (χ2n) is 4.32. The van der Waals surface area contributed by atoms with Crippen LogP contribution in [0.25, 0.3) is 11.1 Å². The van der Waals surface area contributed by atoms with Gasteiger partial charge in [0.15, 0.2) is 0 Å². The van der Waals surface area contributed by atoms with E-state index in [2.05, 4.69) is 5.10 Å². The summed E-state index contributed by atoms with van der Waals surface area (Å²) in [4.78, 5) is 12.0. The van der Waals surface area contributed by atoms with Crippen molar-refractivity contribution in [2.24, 2.45) is 0 Å². The van der Waals surface area contributed by atoms with E-state index in [1.165, 1.54) is 5.56 Å². The summed E-state index contributed by atoms with van der Waals surface area (Å²) in [6.07, 6.45) is 1.77. The Bertz CT molecular complexity index is 532. The first-order valence-corrected chi connectivity index (χ1v) is 5.46. The van der Waals surface area contributed by atoms with Crippen molar-refractivity contribution < 1.29 is 0 Å². The molecule has 0 saturated carbocycles. The van der Waals surface area contributed by atoms with Crippen molar-refractivity contribution in [3.8, 4) is 11.1 Å². The molecule has 0 saturated heterocycles. The van der Waals surface area contributed by atoms with E-state index in [1.807, 2.05) is 45.0 Å². The SMILES string of the molecule is Cc1ccc(-c2c[nH]n(C(C)C)c2=O)cc1. The number of aromatic nitrogens is 2. The highest BCUT2D eigenvalue weighted by atomic mass is 16.1. The van der Waals surface area contributed by atoms with Crippen LogP contribution in [-0.2, 0) is 0 Å². The van der Waals surface area contributed by atoms with E-state index in [1.54, 1.807) is 10.9 Å². The number of aryl methyl sites for hydroxylation is 1. The van der Waals surface area contributed by atoms with Gasteiger partial charge in [0.05, 0.1) is 5.56 Å². The average molecular weight is 216 g/mol. The van der Waals surface area contributed by atoms with E-state index in [9.17, 15) is 4.79 Å². The Kier molecular flexibility index (Phi) is 2.69. The van der Waals surface area contributed by atoms with Crippen LogP contribution < -0.4 is 5.56 Å². The summed E-state index contributed by atoms with van der Waals surface area (Å²) in [5.74, 6) is 0. The lowest BCUT2D eigenvalue weighted by molar-refractivity contribution is 0.517. The molecule has 1 heterocycles. The molecule has 0 spiro atoms. The third-order valence-electron chi connectivity index (χ3n) is 2.68. The first kappa shape index (κ1) is 10.7. The van der Waals surface area contributed by atoms with E-state index in [0.717, 1.165) is 11.1 Å². The largest absolute Gasteiger partial charge is 0.302 e. The fraction of sp³-hybridized carbons (Fsp3) is 0.308. The first-order valence-electron chi connectivity index (χ1n) is 5.46. The van der Waals surface area contributed by atoms with Crippen LogP contribution in [0.15, 0.2) is 35.3 Å². The fourth-order valence-corrected chi connectivity index (χ4v) is 1.71. The summed E-state index contributed by atoms with van der Waals surface area (Å²) in [6, 6.07) is 8.14. The molecule has 1 N–H and O–H groups in total. The topological polar surface area (TPSA) is 37.8 Å². The smallest absolute Gasteiger partial charge is 0.274 e. The second-order valence-corrected chi connectivity index (χ2v) is 4.32. The van der Waals surface area contributed by atoms with Crippen LogP contribution in [0, 0.1) is 6.92 Å². The number of hydrogen-bond acceptors (Lipinski definition) is 1. The van der Waals surface area contributed by atoms with Crippen LogP contribution in [0.4, 0.5) is 0 Å². The van der Waals surface area contributed by atoms with Gasteiger partial charge in [0.1, 0.15) is 0 Å². The van der Waals surface area contributed by atoms with Gasteiger partial charge < -0.3 is 5.10 Å². The molecule has 2 rings (SSSR count). The fourth-order valence-electron chi connectivity index (χ4n) is 1.71. The van der Waals surface area contributed by atoms with Crippen molar-refractivity contribution >= 4 is 0 Å². The Hall–Kier alpha value is -1.77. The van der Waals surface area contributed by atoms with Crippen LogP contribution in [0.2, 0.25) is 0 Å². The molecular formula is C13H16N2O. The van der Waals surface area contributed by atoms with Gasteiger partial charge in [0.2, 0.25) is 0 Å².